The van der Waals surface area contributed by atoms with E-state index in [1.165, 1.54) is 17.0 Å². The van der Waals surface area contributed by atoms with Crippen LogP contribution in [0.15, 0.2) is 54.2 Å². The van der Waals surface area contributed by atoms with Crippen LogP contribution in [-0.4, -0.2) is 15.9 Å². The van der Waals surface area contributed by atoms with Crippen molar-refractivity contribution in [3.05, 3.63) is 74.9 Å². The molecule has 6 nitrogen and oxygen atoms in total. The van der Waals surface area contributed by atoms with Crippen LogP contribution in [0.2, 0.25) is 5.02 Å². The van der Waals surface area contributed by atoms with E-state index < -0.39 is 4.92 Å². The topological polar surface area (TPSA) is 75.5 Å². The molecule has 2 aromatic rings. The van der Waals surface area contributed by atoms with Gasteiger partial charge in [-0.05, 0) is 60.3 Å². The number of hydrogen-bond acceptors (Lipinski definition) is 4. The van der Waals surface area contributed by atoms with Crippen molar-refractivity contribution in [1.29, 1.82) is 0 Å². The molecular formula is C16H10ClN3O3S. The number of non-ortho nitro benzene ring substituents is 1. The Morgan fingerprint density at radius 3 is 2.33 bits per heavy atom. The molecule has 24 heavy (non-hydrogen) atoms. The van der Waals surface area contributed by atoms with Crippen molar-refractivity contribution in [2.75, 3.05) is 4.90 Å². The zero-order chi connectivity index (χ0) is 17.3. The first-order valence-corrected chi connectivity index (χ1v) is 7.61. The SMILES string of the molecule is O=C1/C(=C/c2ccc([N+](=O)[O-])cc2)NC(=S)N1c1ccc(Cl)cc1. The summed E-state index contributed by atoms with van der Waals surface area (Å²) in [5.74, 6) is -0.305. The fourth-order valence-corrected chi connectivity index (χ4v) is 2.64. The summed E-state index contributed by atoms with van der Waals surface area (Å²) in [5.41, 5.74) is 1.54. The molecule has 8 heteroatoms. The minimum atomic E-state index is -0.479. The predicted molar refractivity (Wildman–Crippen MR) is 95.7 cm³/mol. The highest BCUT2D eigenvalue weighted by atomic mass is 35.5. The smallest absolute Gasteiger partial charge is 0.281 e. The maximum Gasteiger partial charge on any atom is 0.281 e. The normalized spacial score (nSPS) is 15.7. The number of nitrogens with zero attached hydrogens (tertiary/aromatic N) is 2. The van der Waals surface area contributed by atoms with Gasteiger partial charge in [0.1, 0.15) is 5.70 Å². The molecule has 1 heterocycles. The molecule has 1 aliphatic heterocycles. The van der Waals surface area contributed by atoms with Crippen molar-refractivity contribution in [3.8, 4) is 0 Å². The van der Waals surface area contributed by atoms with Crippen LogP contribution >= 0.6 is 23.8 Å². The minimum Gasteiger partial charge on any atom is -0.327 e. The number of rotatable bonds is 3. The van der Waals surface area contributed by atoms with Gasteiger partial charge in [0, 0.05) is 17.2 Å². The zero-order valence-electron chi connectivity index (χ0n) is 12.1. The van der Waals surface area contributed by atoms with Crippen LogP contribution in [0.25, 0.3) is 6.08 Å². The maximum atomic E-state index is 12.5. The summed E-state index contributed by atoms with van der Waals surface area (Å²) in [4.78, 5) is 24.1. The van der Waals surface area contributed by atoms with E-state index in [4.69, 9.17) is 23.8 Å². The molecule has 0 aliphatic carbocycles. The van der Waals surface area contributed by atoms with E-state index in [2.05, 4.69) is 5.32 Å². The summed E-state index contributed by atoms with van der Waals surface area (Å²) in [6, 6.07) is 12.6. The number of nitrogens with one attached hydrogen (secondary N) is 1. The molecule has 1 aliphatic rings. The molecule has 0 bridgehead atoms. The van der Waals surface area contributed by atoms with Gasteiger partial charge < -0.3 is 5.32 Å². The van der Waals surface area contributed by atoms with Gasteiger partial charge in [0.2, 0.25) is 0 Å². The van der Waals surface area contributed by atoms with E-state index in [-0.39, 0.29) is 16.7 Å². The second kappa shape index (κ2) is 6.38. The van der Waals surface area contributed by atoms with Gasteiger partial charge in [-0.2, -0.15) is 0 Å². The molecule has 2 aromatic carbocycles. The van der Waals surface area contributed by atoms with E-state index in [1.54, 1.807) is 42.5 Å². The summed E-state index contributed by atoms with van der Waals surface area (Å²) in [7, 11) is 0. The second-order valence-corrected chi connectivity index (χ2v) is 5.78. The van der Waals surface area contributed by atoms with Gasteiger partial charge in [0.25, 0.3) is 11.6 Å². The van der Waals surface area contributed by atoms with Crippen molar-refractivity contribution in [1.82, 2.24) is 5.32 Å². The van der Waals surface area contributed by atoms with Crippen LogP contribution in [0.3, 0.4) is 0 Å². The molecule has 0 saturated carbocycles. The summed E-state index contributed by atoms with van der Waals surface area (Å²) in [6.07, 6.45) is 1.59. The van der Waals surface area contributed by atoms with Gasteiger partial charge in [0.15, 0.2) is 5.11 Å². The van der Waals surface area contributed by atoms with Gasteiger partial charge in [-0.25, -0.2) is 0 Å². The zero-order valence-corrected chi connectivity index (χ0v) is 13.7. The van der Waals surface area contributed by atoms with E-state index in [9.17, 15) is 14.9 Å². The summed E-state index contributed by atoms with van der Waals surface area (Å²) >= 11 is 11.1. The van der Waals surface area contributed by atoms with Gasteiger partial charge in [-0.1, -0.05) is 11.6 Å². The van der Waals surface area contributed by atoms with Crippen LogP contribution in [-0.2, 0) is 4.79 Å². The third-order valence-corrected chi connectivity index (χ3v) is 3.91. The third-order valence-electron chi connectivity index (χ3n) is 3.38. The third kappa shape index (κ3) is 3.12. The fourth-order valence-electron chi connectivity index (χ4n) is 2.22. The lowest BCUT2D eigenvalue weighted by atomic mass is 10.1. The fraction of sp³-hybridized carbons (Fsp3) is 0. The summed E-state index contributed by atoms with van der Waals surface area (Å²) in [5, 5.41) is 14.3. The molecule has 0 aromatic heterocycles. The molecule has 1 N–H and O–H groups in total. The number of nitro groups is 1. The first kappa shape index (κ1) is 16.1. The number of benzene rings is 2. The number of anilines is 1. The monoisotopic (exact) mass is 359 g/mol. The first-order chi connectivity index (χ1) is 11.5. The number of amides is 1. The minimum absolute atomic E-state index is 0.0128. The Labute approximate surface area is 147 Å². The lowest BCUT2D eigenvalue weighted by Crippen LogP contribution is -2.30. The van der Waals surface area contributed by atoms with Crippen LogP contribution in [0.5, 0.6) is 0 Å². The van der Waals surface area contributed by atoms with Crippen molar-refractivity contribution in [2.24, 2.45) is 0 Å². The molecule has 0 unspecified atom stereocenters. The van der Waals surface area contributed by atoms with Crippen molar-refractivity contribution >= 4 is 52.3 Å². The van der Waals surface area contributed by atoms with Crippen LogP contribution < -0.4 is 10.2 Å². The quantitative estimate of drug-likeness (QED) is 0.393. The van der Waals surface area contributed by atoms with Crippen LogP contribution in [0.1, 0.15) is 5.56 Å². The van der Waals surface area contributed by atoms with E-state index in [0.29, 0.717) is 22.0 Å². The van der Waals surface area contributed by atoms with Crippen LogP contribution in [0.4, 0.5) is 11.4 Å². The number of nitro benzene ring substituents is 1. The average molecular weight is 360 g/mol. The van der Waals surface area contributed by atoms with E-state index >= 15 is 0 Å². The Hall–Kier alpha value is -2.77. The Morgan fingerprint density at radius 2 is 1.75 bits per heavy atom. The standard InChI is InChI=1S/C16H10ClN3O3S/c17-11-3-7-12(8-4-11)19-15(21)14(18-16(19)24)9-10-1-5-13(6-2-10)20(22)23/h1-9H,(H,18,24)/b14-9-. The maximum absolute atomic E-state index is 12.5. The van der Waals surface area contributed by atoms with Gasteiger partial charge in [0.05, 0.1) is 10.6 Å². The van der Waals surface area contributed by atoms with Crippen molar-refractivity contribution in [3.63, 3.8) is 0 Å². The summed E-state index contributed by atoms with van der Waals surface area (Å²) < 4.78 is 0. The van der Waals surface area contributed by atoms with Gasteiger partial charge >= 0.3 is 0 Å². The van der Waals surface area contributed by atoms with Gasteiger partial charge in [-0.3, -0.25) is 19.8 Å². The van der Waals surface area contributed by atoms with E-state index in [0.717, 1.165) is 0 Å². The second-order valence-electron chi connectivity index (χ2n) is 4.95. The molecule has 3 rings (SSSR count). The number of hydrogen-bond donors (Lipinski definition) is 1. The molecule has 1 saturated heterocycles. The Bertz CT molecular complexity index is 863. The molecule has 0 atom stereocenters. The Kier molecular flexibility index (Phi) is 4.28. The molecule has 0 radical (unpaired) electrons. The molecule has 0 spiro atoms. The first-order valence-electron chi connectivity index (χ1n) is 6.83. The van der Waals surface area contributed by atoms with Gasteiger partial charge in [-0.15, -0.1) is 0 Å². The highest BCUT2D eigenvalue weighted by Gasteiger charge is 2.31. The number of halogens is 1. The lowest BCUT2D eigenvalue weighted by Gasteiger charge is -2.13. The average Bonchev–Trinajstić information content (AvgIpc) is 2.83. The molecule has 1 fully saturated rings. The van der Waals surface area contributed by atoms with E-state index in [1.807, 2.05) is 0 Å². The van der Waals surface area contributed by atoms with Crippen molar-refractivity contribution < 1.29 is 9.72 Å². The largest absolute Gasteiger partial charge is 0.327 e. The highest BCUT2D eigenvalue weighted by molar-refractivity contribution is 7.80. The van der Waals surface area contributed by atoms with Crippen molar-refractivity contribution in [2.45, 2.75) is 0 Å². The Morgan fingerprint density at radius 1 is 1.12 bits per heavy atom. The Balaban J connectivity index is 1.87. The highest BCUT2D eigenvalue weighted by Crippen LogP contribution is 2.24. The number of carbonyl (C=O) groups excluding carboxylic acids is 1. The molecular weight excluding hydrogens is 350 g/mol. The lowest BCUT2D eigenvalue weighted by molar-refractivity contribution is -0.384. The number of carbonyl (C=O) groups is 1. The summed E-state index contributed by atoms with van der Waals surface area (Å²) in [6.45, 7) is 0. The molecule has 120 valence electrons. The van der Waals surface area contributed by atoms with Crippen LogP contribution in [0, 0.1) is 10.1 Å². The number of thiocarbonyl (C=S) groups is 1. The molecule has 1 amide bonds. The predicted octanol–water partition coefficient (Wildman–Crippen LogP) is 3.51.